The molecule has 0 heterocycles. The Balaban J connectivity index is 2.08. The van der Waals surface area contributed by atoms with E-state index < -0.39 is 5.91 Å². The molecule has 0 saturated heterocycles. The van der Waals surface area contributed by atoms with Crippen molar-refractivity contribution in [2.75, 3.05) is 17.7 Å². The van der Waals surface area contributed by atoms with Crippen molar-refractivity contribution >= 4 is 34.8 Å². The molecule has 0 aliphatic carbocycles. The van der Waals surface area contributed by atoms with Crippen molar-refractivity contribution in [3.8, 4) is 5.75 Å². The van der Waals surface area contributed by atoms with Crippen LogP contribution in [0.3, 0.4) is 0 Å². The third kappa shape index (κ3) is 5.47. The Kier molecular flexibility index (Phi) is 6.50. The van der Waals surface area contributed by atoms with E-state index >= 15 is 0 Å². The van der Waals surface area contributed by atoms with Gasteiger partial charge in [-0.2, -0.15) is 0 Å². The molecule has 144 valence electrons. The second kappa shape index (κ2) is 8.44. The van der Waals surface area contributed by atoms with Crippen LogP contribution in [0, 0.1) is 6.92 Å². The van der Waals surface area contributed by atoms with E-state index in [1.165, 1.54) is 7.11 Å². The van der Waals surface area contributed by atoms with E-state index in [1.54, 1.807) is 12.1 Å². The van der Waals surface area contributed by atoms with Gasteiger partial charge in [0.25, 0.3) is 0 Å². The lowest BCUT2D eigenvalue weighted by Crippen LogP contribution is -2.23. The number of halogens is 1. The van der Waals surface area contributed by atoms with Crippen LogP contribution in [-0.4, -0.2) is 18.9 Å². The predicted molar refractivity (Wildman–Crippen MR) is 110 cm³/mol. The molecule has 5 nitrogen and oxygen atoms in total. The molecule has 0 bridgehead atoms. The van der Waals surface area contributed by atoms with Crippen molar-refractivity contribution < 1.29 is 14.3 Å². The van der Waals surface area contributed by atoms with Crippen LogP contribution >= 0.6 is 11.6 Å². The van der Waals surface area contributed by atoms with Crippen LogP contribution in [0.4, 0.5) is 11.4 Å². The number of methoxy groups -OCH3 is 1. The van der Waals surface area contributed by atoms with Crippen LogP contribution in [0.15, 0.2) is 36.4 Å². The zero-order valence-corrected chi connectivity index (χ0v) is 17.0. The highest BCUT2D eigenvalue weighted by molar-refractivity contribution is 6.31. The van der Waals surface area contributed by atoms with E-state index in [-0.39, 0.29) is 17.7 Å². The second-order valence-corrected chi connectivity index (χ2v) is 7.78. The average molecular weight is 389 g/mol. The lowest BCUT2D eigenvalue weighted by Gasteiger charge is -2.23. The van der Waals surface area contributed by atoms with E-state index in [2.05, 4.69) is 31.4 Å². The molecule has 2 aromatic carbocycles. The first-order valence-corrected chi connectivity index (χ1v) is 9.03. The number of para-hydroxylation sites is 1. The molecule has 2 aromatic rings. The lowest BCUT2D eigenvalue weighted by molar-refractivity contribution is -0.123. The van der Waals surface area contributed by atoms with E-state index in [0.717, 1.165) is 11.1 Å². The number of ether oxygens (including phenoxy) is 1. The van der Waals surface area contributed by atoms with Gasteiger partial charge in [-0.05, 0) is 35.6 Å². The maximum absolute atomic E-state index is 12.3. The van der Waals surface area contributed by atoms with Crippen molar-refractivity contribution in [1.29, 1.82) is 0 Å². The molecule has 0 saturated carbocycles. The molecule has 2 amide bonds. The molecule has 0 radical (unpaired) electrons. The largest absolute Gasteiger partial charge is 0.495 e. The lowest BCUT2D eigenvalue weighted by atomic mass is 9.86. The first-order chi connectivity index (χ1) is 12.6. The summed E-state index contributed by atoms with van der Waals surface area (Å²) in [6.07, 6.45) is -0.302. The Hall–Kier alpha value is -2.53. The van der Waals surface area contributed by atoms with Crippen LogP contribution in [-0.2, 0) is 15.0 Å². The van der Waals surface area contributed by atoms with Gasteiger partial charge in [0.15, 0.2) is 0 Å². The van der Waals surface area contributed by atoms with Gasteiger partial charge in [-0.15, -0.1) is 0 Å². The van der Waals surface area contributed by atoms with E-state index in [9.17, 15) is 9.59 Å². The first kappa shape index (κ1) is 20.8. The van der Waals surface area contributed by atoms with Crippen LogP contribution in [0.25, 0.3) is 0 Å². The molecule has 0 aromatic heterocycles. The number of rotatable bonds is 5. The fourth-order valence-corrected chi connectivity index (χ4v) is 2.86. The molecule has 0 unspecified atom stereocenters. The highest BCUT2D eigenvalue weighted by Gasteiger charge is 2.20. The van der Waals surface area contributed by atoms with Gasteiger partial charge in [0.2, 0.25) is 11.8 Å². The van der Waals surface area contributed by atoms with E-state index in [0.29, 0.717) is 22.1 Å². The summed E-state index contributed by atoms with van der Waals surface area (Å²) in [6.45, 7) is 8.03. The number of hydrogen-bond donors (Lipinski definition) is 2. The maximum atomic E-state index is 12.3. The zero-order valence-electron chi connectivity index (χ0n) is 16.3. The molecule has 0 spiro atoms. The summed E-state index contributed by atoms with van der Waals surface area (Å²) in [6, 6.07) is 10.9. The van der Waals surface area contributed by atoms with Gasteiger partial charge in [0.05, 0.1) is 12.8 Å². The maximum Gasteiger partial charge on any atom is 0.233 e. The van der Waals surface area contributed by atoms with E-state index in [1.807, 2.05) is 31.2 Å². The fraction of sp³-hybridized carbons (Fsp3) is 0.333. The highest BCUT2D eigenvalue weighted by atomic mass is 35.5. The number of aryl methyl sites for hydroxylation is 1. The smallest absolute Gasteiger partial charge is 0.233 e. The van der Waals surface area contributed by atoms with Gasteiger partial charge in [0, 0.05) is 16.8 Å². The summed E-state index contributed by atoms with van der Waals surface area (Å²) in [4.78, 5) is 24.6. The molecule has 27 heavy (non-hydrogen) atoms. The Morgan fingerprint density at radius 1 is 1.04 bits per heavy atom. The minimum Gasteiger partial charge on any atom is -0.495 e. The average Bonchev–Trinajstić information content (AvgIpc) is 2.57. The Morgan fingerprint density at radius 2 is 1.63 bits per heavy atom. The van der Waals surface area contributed by atoms with Gasteiger partial charge in [0.1, 0.15) is 12.2 Å². The van der Waals surface area contributed by atoms with Crippen LogP contribution in [0.5, 0.6) is 5.75 Å². The molecule has 0 aliphatic rings. The van der Waals surface area contributed by atoms with Crippen molar-refractivity contribution in [2.45, 2.75) is 39.5 Å². The topological polar surface area (TPSA) is 67.4 Å². The Labute approximate surface area is 165 Å². The van der Waals surface area contributed by atoms with Gasteiger partial charge in [-0.1, -0.05) is 50.6 Å². The van der Waals surface area contributed by atoms with Gasteiger partial charge < -0.3 is 15.4 Å². The summed E-state index contributed by atoms with van der Waals surface area (Å²) < 4.78 is 5.24. The molecule has 0 atom stereocenters. The van der Waals surface area contributed by atoms with Crippen molar-refractivity contribution in [1.82, 2.24) is 0 Å². The molecule has 2 rings (SSSR count). The number of carbonyl (C=O) groups is 2. The summed E-state index contributed by atoms with van der Waals surface area (Å²) in [5.41, 5.74) is 2.88. The molecular formula is C21H25ClN2O3. The number of nitrogens with one attached hydrogen (secondary N) is 2. The molecule has 0 aliphatic heterocycles. The zero-order chi connectivity index (χ0) is 20.2. The van der Waals surface area contributed by atoms with Gasteiger partial charge in [-0.25, -0.2) is 0 Å². The summed E-state index contributed by atoms with van der Waals surface area (Å²) in [7, 11) is 1.49. The van der Waals surface area contributed by atoms with Gasteiger partial charge in [-0.3, -0.25) is 9.59 Å². The number of anilines is 2. The van der Waals surface area contributed by atoms with E-state index in [4.69, 9.17) is 16.3 Å². The van der Waals surface area contributed by atoms with Gasteiger partial charge >= 0.3 is 0 Å². The van der Waals surface area contributed by atoms with Crippen LogP contribution in [0.1, 0.15) is 38.3 Å². The van der Waals surface area contributed by atoms with Crippen molar-refractivity contribution in [3.63, 3.8) is 0 Å². The number of carbonyl (C=O) groups excluding carboxylic acids is 2. The molecular weight excluding hydrogens is 364 g/mol. The third-order valence-corrected chi connectivity index (χ3v) is 4.49. The molecule has 2 N–H and O–H groups in total. The molecule has 6 heteroatoms. The quantitative estimate of drug-likeness (QED) is 0.714. The molecule has 0 fully saturated rings. The summed E-state index contributed by atoms with van der Waals surface area (Å²) >= 11 is 6.07. The highest BCUT2D eigenvalue weighted by Crippen LogP contribution is 2.31. The van der Waals surface area contributed by atoms with Crippen molar-refractivity contribution in [2.24, 2.45) is 0 Å². The normalized spacial score (nSPS) is 11.0. The second-order valence-electron chi connectivity index (χ2n) is 7.37. The SMILES string of the molecule is COc1cc(Cl)c(C)cc1NC(=O)CC(=O)Nc1ccccc1C(C)(C)C. The first-order valence-electron chi connectivity index (χ1n) is 8.65. The summed E-state index contributed by atoms with van der Waals surface area (Å²) in [5, 5.41) is 6.08. The minimum absolute atomic E-state index is 0.125. The number of benzene rings is 2. The Bertz CT molecular complexity index is 857. The summed E-state index contributed by atoms with van der Waals surface area (Å²) in [5.74, 6) is -0.368. The Morgan fingerprint density at radius 3 is 2.22 bits per heavy atom. The van der Waals surface area contributed by atoms with Crippen LogP contribution < -0.4 is 15.4 Å². The third-order valence-electron chi connectivity index (χ3n) is 4.09. The monoisotopic (exact) mass is 388 g/mol. The van der Waals surface area contributed by atoms with Crippen molar-refractivity contribution in [3.05, 3.63) is 52.5 Å². The minimum atomic E-state index is -0.430. The number of hydrogen-bond acceptors (Lipinski definition) is 3. The van der Waals surface area contributed by atoms with Crippen LogP contribution in [0.2, 0.25) is 5.02 Å². The number of amides is 2. The standard InChI is InChI=1S/C21H25ClN2O3/c1-13-10-17(18(27-5)11-15(13)22)24-20(26)12-19(25)23-16-9-7-6-8-14(16)21(2,3)4/h6-11H,12H2,1-5H3,(H,23,25)(H,24,26). The predicted octanol–water partition coefficient (Wildman–Crippen LogP) is 4.92. The fourth-order valence-electron chi connectivity index (χ4n) is 2.71.